The Kier molecular flexibility index (Phi) is 6.58. The fourth-order valence-corrected chi connectivity index (χ4v) is 1.94. The van der Waals surface area contributed by atoms with Gasteiger partial charge < -0.3 is 15.2 Å². The molecule has 18 heavy (non-hydrogen) atoms. The van der Waals surface area contributed by atoms with Gasteiger partial charge in [-0.15, -0.1) is 0 Å². The van der Waals surface area contributed by atoms with E-state index in [-0.39, 0.29) is 5.75 Å². The first-order chi connectivity index (χ1) is 8.71. The summed E-state index contributed by atoms with van der Waals surface area (Å²) in [6, 6.07) is 5.52. The zero-order valence-electron chi connectivity index (χ0n) is 11.7. The Balaban J connectivity index is 2.49. The van der Waals surface area contributed by atoms with Crippen molar-refractivity contribution in [3.05, 3.63) is 23.8 Å². The highest BCUT2D eigenvalue weighted by Gasteiger charge is 2.05. The van der Waals surface area contributed by atoms with Crippen LogP contribution in [0.5, 0.6) is 11.5 Å². The van der Waals surface area contributed by atoms with Gasteiger partial charge in [-0.3, -0.25) is 0 Å². The van der Waals surface area contributed by atoms with Crippen molar-refractivity contribution in [2.75, 3.05) is 13.2 Å². The van der Waals surface area contributed by atoms with Gasteiger partial charge in [0.25, 0.3) is 0 Å². The Bertz CT molecular complexity index is 348. The second-order valence-corrected chi connectivity index (χ2v) is 4.55. The van der Waals surface area contributed by atoms with Gasteiger partial charge in [-0.1, -0.05) is 32.8 Å². The zero-order valence-corrected chi connectivity index (χ0v) is 11.7. The summed E-state index contributed by atoms with van der Waals surface area (Å²) in [5.41, 5.74) is 1.14. The summed E-state index contributed by atoms with van der Waals surface area (Å²) in [7, 11) is 0. The summed E-state index contributed by atoms with van der Waals surface area (Å²) >= 11 is 0. The van der Waals surface area contributed by atoms with E-state index in [1.807, 2.05) is 19.1 Å². The van der Waals surface area contributed by atoms with Crippen LogP contribution in [-0.2, 0) is 6.54 Å². The van der Waals surface area contributed by atoms with Crippen LogP contribution in [-0.4, -0.2) is 18.3 Å². The van der Waals surface area contributed by atoms with Crippen molar-refractivity contribution in [1.29, 1.82) is 0 Å². The summed E-state index contributed by atoms with van der Waals surface area (Å²) in [6.07, 6.45) is 2.42. The number of phenols is 1. The molecule has 2 N–H and O–H groups in total. The minimum absolute atomic E-state index is 0.209. The second-order valence-electron chi connectivity index (χ2n) is 4.55. The van der Waals surface area contributed by atoms with E-state index in [9.17, 15) is 5.11 Å². The fraction of sp³-hybridized carbons (Fsp3) is 0.600. The largest absolute Gasteiger partial charge is 0.504 e. The molecule has 1 aromatic rings. The van der Waals surface area contributed by atoms with E-state index in [0.717, 1.165) is 24.6 Å². The molecule has 0 atom stereocenters. The van der Waals surface area contributed by atoms with Crippen LogP contribution in [0, 0.1) is 5.92 Å². The first kappa shape index (κ1) is 14.8. The summed E-state index contributed by atoms with van der Waals surface area (Å²) in [5, 5.41) is 13.1. The van der Waals surface area contributed by atoms with Crippen molar-refractivity contribution in [2.24, 2.45) is 5.92 Å². The van der Waals surface area contributed by atoms with Crippen molar-refractivity contribution in [2.45, 2.75) is 40.2 Å². The topological polar surface area (TPSA) is 41.5 Å². The normalized spacial score (nSPS) is 10.9. The van der Waals surface area contributed by atoms with Gasteiger partial charge in [-0.05, 0) is 37.1 Å². The van der Waals surface area contributed by atoms with E-state index in [4.69, 9.17) is 4.74 Å². The molecule has 0 unspecified atom stereocenters. The van der Waals surface area contributed by atoms with Crippen LogP contribution in [0.2, 0.25) is 0 Å². The maximum Gasteiger partial charge on any atom is 0.161 e. The summed E-state index contributed by atoms with van der Waals surface area (Å²) in [6.45, 7) is 8.79. The maximum atomic E-state index is 9.61. The molecule has 0 radical (unpaired) electrons. The molecule has 0 aromatic heterocycles. The highest BCUT2D eigenvalue weighted by atomic mass is 16.5. The molecule has 0 aliphatic rings. The first-order valence-corrected chi connectivity index (χ1v) is 6.86. The molecule has 0 aliphatic carbocycles. The molecule has 0 fully saturated rings. The van der Waals surface area contributed by atoms with Gasteiger partial charge in [0.15, 0.2) is 11.5 Å². The number of nitrogens with one attached hydrogen (secondary N) is 1. The minimum Gasteiger partial charge on any atom is -0.504 e. The van der Waals surface area contributed by atoms with E-state index in [0.29, 0.717) is 12.4 Å². The summed E-state index contributed by atoms with van der Waals surface area (Å²) < 4.78 is 5.37. The number of ether oxygens (including phenoxy) is 1. The molecule has 0 amide bonds. The van der Waals surface area contributed by atoms with Crippen LogP contribution in [0.3, 0.4) is 0 Å². The standard InChI is InChI=1S/C15H25NO2/c1-4-12(5-2)10-16-11-13-7-8-14(17)15(9-13)18-6-3/h7-9,12,16-17H,4-6,10-11H2,1-3H3. The molecular formula is C15H25NO2. The van der Waals surface area contributed by atoms with Crippen LogP contribution < -0.4 is 10.1 Å². The van der Waals surface area contributed by atoms with Crippen molar-refractivity contribution >= 4 is 0 Å². The number of hydrogen-bond donors (Lipinski definition) is 2. The van der Waals surface area contributed by atoms with Crippen molar-refractivity contribution in [3.63, 3.8) is 0 Å². The van der Waals surface area contributed by atoms with Gasteiger partial charge >= 0.3 is 0 Å². The highest BCUT2D eigenvalue weighted by Crippen LogP contribution is 2.26. The number of aromatic hydroxyl groups is 1. The molecule has 3 nitrogen and oxygen atoms in total. The molecule has 102 valence electrons. The number of benzene rings is 1. The Morgan fingerprint density at radius 1 is 1.22 bits per heavy atom. The third kappa shape index (κ3) is 4.57. The number of hydrogen-bond acceptors (Lipinski definition) is 3. The lowest BCUT2D eigenvalue weighted by atomic mass is 10.0. The van der Waals surface area contributed by atoms with E-state index in [2.05, 4.69) is 19.2 Å². The van der Waals surface area contributed by atoms with Gasteiger partial charge in [0.05, 0.1) is 6.61 Å². The SMILES string of the molecule is CCOc1cc(CNCC(CC)CC)ccc1O. The molecule has 0 saturated heterocycles. The van der Waals surface area contributed by atoms with Gasteiger partial charge in [-0.2, -0.15) is 0 Å². The van der Waals surface area contributed by atoms with Gasteiger partial charge in [-0.25, -0.2) is 0 Å². The average molecular weight is 251 g/mol. The average Bonchev–Trinajstić information content (AvgIpc) is 2.38. The quantitative estimate of drug-likeness (QED) is 0.744. The predicted molar refractivity (Wildman–Crippen MR) is 75.1 cm³/mol. The third-order valence-corrected chi connectivity index (χ3v) is 3.24. The van der Waals surface area contributed by atoms with Gasteiger partial charge in [0.2, 0.25) is 0 Å². The third-order valence-electron chi connectivity index (χ3n) is 3.24. The van der Waals surface area contributed by atoms with Crippen molar-refractivity contribution in [3.8, 4) is 11.5 Å². The van der Waals surface area contributed by atoms with Gasteiger partial charge in [0.1, 0.15) is 0 Å². The molecule has 0 spiro atoms. The summed E-state index contributed by atoms with van der Waals surface area (Å²) in [4.78, 5) is 0. The molecule has 0 saturated carbocycles. The van der Waals surface area contributed by atoms with E-state index in [1.165, 1.54) is 12.8 Å². The molecular weight excluding hydrogens is 226 g/mol. The zero-order chi connectivity index (χ0) is 13.4. The van der Waals surface area contributed by atoms with Crippen LogP contribution in [0.25, 0.3) is 0 Å². The minimum atomic E-state index is 0.209. The highest BCUT2D eigenvalue weighted by molar-refractivity contribution is 5.41. The van der Waals surface area contributed by atoms with Crippen LogP contribution in [0.15, 0.2) is 18.2 Å². The molecule has 3 heteroatoms. The maximum absolute atomic E-state index is 9.61. The Morgan fingerprint density at radius 2 is 1.94 bits per heavy atom. The molecule has 1 aromatic carbocycles. The van der Waals surface area contributed by atoms with Crippen molar-refractivity contribution < 1.29 is 9.84 Å². The Labute approximate surface area is 110 Å². The molecule has 0 bridgehead atoms. The lowest BCUT2D eigenvalue weighted by Gasteiger charge is -2.14. The monoisotopic (exact) mass is 251 g/mol. The number of rotatable bonds is 8. The van der Waals surface area contributed by atoms with E-state index >= 15 is 0 Å². The Hall–Kier alpha value is -1.22. The molecule has 0 aliphatic heterocycles. The van der Waals surface area contributed by atoms with Crippen LogP contribution in [0.4, 0.5) is 0 Å². The van der Waals surface area contributed by atoms with Gasteiger partial charge in [0, 0.05) is 6.54 Å². The van der Waals surface area contributed by atoms with Crippen molar-refractivity contribution in [1.82, 2.24) is 5.32 Å². The Morgan fingerprint density at radius 3 is 2.56 bits per heavy atom. The smallest absolute Gasteiger partial charge is 0.161 e. The van der Waals surface area contributed by atoms with E-state index in [1.54, 1.807) is 6.07 Å². The lowest BCUT2D eigenvalue weighted by molar-refractivity contribution is 0.317. The second kappa shape index (κ2) is 7.98. The van der Waals surface area contributed by atoms with Crippen LogP contribution >= 0.6 is 0 Å². The molecule has 0 heterocycles. The molecule has 1 rings (SSSR count). The lowest BCUT2D eigenvalue weighted by Crippen LogP contribution is -2.21. The first-order valence-electron chi connectivity index (χ1n) is 6.86. The predicted octanol–water partition coefficient (Wildman–Crippen LogP) is 3.32. The van der Waals surface area contributed by atoms with E-state index < -0.39 is 0 Å². The number of phenolic OH excluding ortho intramolecular Hbond substituents is 1. The fourth-order valence-electron chi connectivity index (χ4n) is 1.94. The van der Waals surface area contributed by atoms with Crippen LogP contribution in [0.1, 0.15) is 39.2 Å². The summed E-state index contributed by atoms with van der Waals surface area (Å²) in [5.74, 6) is 1.52.